The van der Waals surface area contributed by atoms with Gasteiger partial charge in [0, 0.05) is 12.7 Å². The van der Waals surface area contributed by atoms with Gasteiger partial charge in [0.1, 0.15) is 12.3 Å². The number of aryl methyl sites for hydroxylation is 3. The fourth-order valence-electron chi connectivity index (χ4n) is 3.17. The van der Waals surface area contributed by atoms with E-state index >= 15 is 0 Å². The summed E-state index contributed by atoms with van der Waals surface area (Å²) >= 11 is 0. The van der Waals surface area contributed by atoms with Gasteiger partial charge in [-0.3, -0.25) is 9.59 Å². The molecular weight excluding hydrogens is 396 g/mol. The van der Waals surface area contributed by atoms with E-state index in [9.17, 15) is 9.59 Å². The molecule has 9 heteroatoms. The molecule has 3 rings (SSSR count). The van der Waals surface area contributed by atoms with Crippen LogP contribution in [0.5, 0.6) is 5.75 Å². The summed E-state index contributed by atoms with van der Waals surface area (Å²) in [6.45, 7) is 5.84. The maximum atomic E-state index is 12.5. The predicted octanol–water partition coefficient (Wildman–Crippen LogP) is 2.27. The molecule has 0 atom stereocenters. The Balaban J connectivity index is 1.50. The first-order valence-corrected chi connectivity index (χ1v) is 9.88. The van der Waals surface area contributed by atoms with Gasteiger partial charge >= 0.3 is 0 Å². The van der Waals surface area contributed by atoms with E-state index in [1.807, 2.05) is 63.2 Å². The zero-order valence-electron chi connectivity index (χ0n) is 18.1. The fourth-order valence-corrected chi connectivity index (χ4v) is 3.17. The molecule has 3 aromatic rings. The van der Waals surface area contributed by atoms with Gasteiger partial charge in [-0.2, -0.15) is 4.80 Å². The molecule has 1 aromatic heterocycles. The SMILES string of the molecule is Cc1cc(C)c(NC(=O)CN(C)C(=O)Cn2nnc(COc3ccccc3)n2)c(C)c1. The highest BCUT2D eigenvalue weighted by atomic mass is 16.5. The van der Waals surface area contributed by atoms with Crippen LogP contribution in [-0.4, -0.2) is 50.5 Å². The topological polar surface area (TPSA) is 102 Å². The van der Waals surface area contributed by atoms with Crippen LogP contribution in [0, 0.1) is 20.8 Å². The van der Waals surface area contributed by atoms with Gasteiger partial charge in [-0.15, -0.1) is 10.2 Å². The molecule has 0 saturated heterocycles. The van der Waals surface area contributed by atoms with E-state index in [0.29, 0.717) is 11.6 Å². The molecular formula is C22H26N6O3. The minimum Gasteiger partial charge on any atom is -0.485 e. The third-order valence-electron chi connectivity index (χ3n) is 4.63. The number of nitrogens with one attached hydrogen (secondary N) is 1. The lowest BCUT2D eigenvalue weighted by atomic mass is 10.1. The number of carbonyl (C=O) groups excluding carboxylic acids is 2. The highest BCUT2D eigenvalue weighted by molar-refractivity contribution is 5.95. The Kier molecular flexibility index (Phi) is 6.96. The van der Waals surface area contributed by atoms with Crippen LogP contribution in [0.3, 0.4) is 0 Å². The lowest BCUT2D eigenvalue weighted by Gasteiger charge is -2.18. The number of carbonyl (C=O) groups is 2. The van der Waals surface area contributed by atoms with Gasteiger partial charge < -0.3 is 15.0 Å². The monoisotopic (exact) mass is 422 g/mol. The van der Waals surface area contributed by atoms with Crippen molar-refractivity contribution >= 4 is 17.5 Å². The number of nitrogens with zero attached hydrogens (tertiary/aromatic N) is 5. The Morgan fingerprint density at radius 3 is 2.45 bits per heavy atom. The number of hydrogen-bond donors (Lipinski definition) is 1. The number of anilines is 1. The van der Waals surface area contributed by atoms with Crippen LogP contribution < -0.4 is 10.1 Å². The third kappa shape index (κ3) is 6.11. The quantitative estimate of drug-likeness (QED) is 0.598. The maximum Gasteiger partial charge on any atom is 0.246 e. The average Bonchev–Trinajstić information content (AvgIpc) is 3.17. The number of benzene rings is 2. The molecule has 0 saturated carbocycles. The predicted molar refractivity (Wildman–Crippen MR) is 116 cm³/mol. The second-order valence-electron chi connectivity index (χ2n) is 7.41. The van der Waals surface area contributed by atoms with Gasteiger partial charge in [0.05, 0.1) is 6.54 Å². The summed E-state index contributed by atoms with van der Waals surface area (Å²) in [7, 11) is 1.56. The van der Waals surface area contributed by atoms with Crippen molar-refractivity contribution in [1.29, 1.82) is 0 Å². The third-order valence-corrected chi connectivity index (χ3v) is 4.63. The van der Waals surface area contributed by atoms with E-state index in [-0.39, 0.29) is 31.5 Å². The van der Waals surface area contributed by atoms with Crippen LogP contribution >= 0.6 is 0 Å². The number of aromatic nitrogens is 4. The molecule has 1 N–H and O–H groups in total. The Hall–Kier alpha value is -3.75. The van der Waals surface area contributed by atoms with Crippen molar-refractivity contribution in [2.75, 3.05) is 18.9 Å². The summed E-state index contributed by atoms with van der Waals surface area (Å²) in [5, 5.41) is 14.8. The van der Waals surface area contributed by atoms with E-state index in [0.717, 1.165) is 22.4 Å². The minimum atomic E-state index is -0.305. The number of amides is 2. The van der Waals surface area contributed by atoms with Crippen molar-refractivity contribution in [3.63, 3.8) is 0 Å². The van der Waals surface area contributed by atoms with Crippen molar-refractivity contribution in [2.45, 2.75) is 33.9 Å². The van der Waals surface area contributed by atoms with E-state index in [2.05, 4.69) is 20.7 Å². The van der Waals surface area contributed by atoms with Crippen LogP contribution in [-0.2, 0) is 22.7 Å². The lowest BCUT2D eigenvalue weighted by molar-refractivity contribution is -0.134. The summed E-state index contributed by atoms with van der Waals surface area (Å²) in [6.07, 6.45) is 0. The zero-order valence-corrected chi connectivity index (χ0v) is 18.1. The summed E-state index contributed by atoms with van der Waals surface area (Å²) in [5.74, 6) is 0.483. The standard InChI is InChI=1S/C22H26N6O3/c1-15-10-16(2)22(17(3)11-15)23-20(29)12-27(4)21(30)13-28-25-19(24-26-28)14-31-18-8-6-5-7-9-18/h5-11H,12-14H2,1-4H3,(H,23,29). The van der Waals surface area contributed by atoms with Gasteiger partial charge in [0.25, 0.3) is 0 Å². The van der Waals surface area contributed by atoms with Crippen molar-refractivity contribution in [3.8, 4) is 5.75 Å². The first-order valence-electron chi connectivity index (χ1n) is 9.88. The molecule has 0 aliphatic rings. The maximum absolute atomic E-state index is 12.5. The fraction of sp³-hybridized carbons (Fsp3) is 0.318. The van der Waals surface area contributed by atoms with Crippen molar-refractivity contribution in [2.24, 2.45) is 0 Å². The Morgan fingerprint density at radius 1 is 1.10 bits per heavy atom. The summed E-state index contributed by atoms with van der Waals surface area (Å²) in [4.78, 5) is 27.4. The molecule has 0 fully saturated rings. The average molecular weight is 422 g/mol. The van der Waals surface area contributed by atoms with Crippen LogP contribution in [0.2, 0.25) is 0 Å². The molecule has 0 bridgehead atoms. The zero-order chi connectivity index (χ0) is 22.4. The molecule has 9 nitrogen and oxygen atoms in total. The van der Waals surface area contributed by atoms with Crippen molar-refractivity contribution < 1.29 is 14.3 Å². The van der Waals surface area contributed by atoms with Gasteiger partial charge in [-0.1, -0.05) is 35.9 Å². The number of ether oxygens (including phenoxy) is 1. The van der Waals surface area contributed by atoms with Crippen LogP contribution in [0.15, 0.2) is 42.5 Å². The smallest absolute Gasteiger partial charge is 0.246 e. The van der Waals surface area contributed by atoms with Gasteiger partial charge in [0.15, 0.2) is 6.61 Å². The molecule has 0 spiro atoms. The van der Waals surface area contributed by atoms with Gasteiger partial charge in [-0.25, -0.2) is 0 Å². The van der Waals surface area contributed by atoms with Crippen molar-refractivity contribution in [3.05, 3.63) is 65.0 Å². The Labute approximate surface area is 181 Å². The molecule has 0 aliphatic carbocycles. The lowest BCUT2D eigenvalue weighted by Crippen LogP contribution is -2.37. The highest BCUT2D eigenvalue weighted by Gasteiger charge is 2.16. The van der Waals surface area contributed by atoms with Gasteiger partial charge in [0.2, 0.25) is 17.6 Å². The first kappa shape index (κ1) is 21.9. The second-order valence-corrected chi connectivity index (χ2v) is 7.41. The molecule has 0 aliphatic heterocycles. The Morgan fingerprint density at radius 2 is 1.77 bits per heavy atom. The number of tetrazole rings is 1. The summed E-state index contributed by atoms with van der Waals surface area (Å²) in [5.41, 5.74) is 3.88. The number of hydrogen-bond acceptors (Lipinski definition) is 6. The van der Waals surface area contributed by atoms with E-state index < -0.39 is 0 Å². The molecule has 162 valence electrons. The summed E-state index contributed by atoms with van der Waals surface area (Å²) in [6, 6.07) is 13.3. The van der Waals surface area contributed by atoms with Crippen LogP contribution in [0.25, 0.3) is 0 Å². The van der Waals surface area contributed by atoms with E-state index in [1.54, 1.807) is 7.05 Å². The number of para-hydroxylation sites is 1. The largest absolute Gasteiger partial charge is 0.485 e. The van der Waals surface area contributed by atoms with Crippen LogP contribution in [0.4, 0.5) is 5.69 Å². The molecule has 2 aromatic carbocycles. The number of rotatable bonds is 8. The van der Waals surface area contributed by atoms with Gasteiger partial charge in [-0.05, 0) is 49.2 Å². The molecule has 2 amide bonds. The van der Waals surface area contributed by atoms with Crippen LogP contribution in [0.1, 0.15) is 22.5 Å². The minimum absolute atomic E-state index is 0.0791. The summed E-state index contributed by atoms with van der Waals surface area (Å²) < 4.78 is 5.57. The van der Waals surface area contributed by atoms with E-state index in [4.69, 9.17) is 4.74 Å². The molecule has 0 unspecified atom stereocenters. The number of likely N-dealkylation sites (N-methyl/N-ethyl adjacent to an activating group) is 1. The molecule has 1 heterocycles. The van der Waals surface area contributed by atoms with E-state index in [1.165, 1.54) is 9.70 Å². The highest BCUT2D eigenvalue weighted by Crippen LogP contribution is 2.21. The normalized spacial score (nSPS) is 10.6. The first-order chi connectivity index (χ1) is 14.8. The van der Waals surface area contributed by atoms with Crippen molar-refractivity contribution in [1.82, 2.24) is 25.1 Å². The second kappa shape index (κ2) is 9.84. The Bertz CT molecular complexity index is 1040. The molecule has 31 heavy (non-hydrogen) atoms. The molecule has 0 radical (unpaired) electrons.